The predicted molar refractivity (Wildman–Crippen MR) is 53.3 cm³/mol. The van der Waals surface area contributed by atoms with Gasteiger partial charge in [0, 0.05) is 10.1 Å². The molecule has 1 heterocycles. The minimum atomic E-state index is 0.147. The molecule has 2 aromatic rings. The van der Waals surface area contributed by atoms with Crippen LogP contribution in [-0.4, -0.2) is 11.4 Å². The minimum Gasteiger partial charge on any atom is -0.508 e. The summed E-state index contributed by atoms with van der Waals surface area (Å²) in [5.74, 6) is 0.147. The van der Waals surface area contributed by atoms with Crippen LogP contribution in [0.2, 0.25) is 0 Å². The van der Waals surface area contributed by atoms with Gasteiger partial charge in [-0.2, -0.15) is 0 Å². The summed E-state index contributed by atoms with van der Waals surface area (Å²) in [7, 11) is 0. The number of aromatic hydroxyl groups is 1. The van der Waals surface area contributed by atoms with Crippen LogP contribution in [-0.2, 0) is 0 Å². The second kappa shape index (κ2) is 2.74. The molecule has 3 N–H and O–H groups in total. The number of hydrogen-bond acceptors (Lipinski definition) is 4. The second-order valence-corrected chi connectivity index (χ2v) is 3.76. The first-order valence-corrected chi connectivity index (χ1v) is 4.50. The van der Waals surface area contributed by atoms with Crippen molar-refractivity contribution in [2.75, 3.05) is 5.73 Å². The Bertz CT molecular complexity index is 476. The topological polar surface area (TPSA) is 63.3 Å². The lowest BCUT2D eigenvalue weighted by Crippen LogP contribution is -1.85. The summed E-state index contributed by atoms with van der Waals surface area (Å²) >= 11 is 1.35. The van der Waals surface area contributed by atoms with Gasteiger partial charge in [-0.05, 0) is 18.2 Å². The summed E-state index contributed by atoms with van der Waals surface area (Å²) in [4.78, 5) is 10.7. The van der Waals surface area contributed by atoms with E-state index in [4.69, 9.17) is 5.73 Å². The summed E-state index contributed by atoms with van der Waals surface area (Å²) in [5, 5.41) is 10.4. The fourth-order valence-electron chi connectivity index (χ4n) is 1.25. The Morgan fingerprint density at radius 1 is 1.46 bits per heavy atom. The summed E-state index contributed by atoms with van der Waals surface area (Å²) in [6.07, 6.45) is 0.716. The molecular formula is C9H7NO2S. The van der Waals surface area contributed by atoms with Crippen molar-refractivity contribution in [1.29, 1.82) is 0 Å². The van der Waals surface area contributed by atoms with Crippen molar-refractivity contribution in [3.63, 3.8) is 0 Å². The number of nitrogen functional groups attached to an aromatic ring is 1. The molecule has 1 aromatic carbocycles. The van der Waals surface area contributed by atoms with Gasteiger partial charge in [-0.15, -0.1) is 11.3 Å². The van der Waals surface area contributed by atoms with Crippen molar-refractivity contribution in [2.24, 2.45) is 0 Å². The zero-order valence-electron chi connectivity index (χ0n) is 6.65. The van der Waals surface area contributed by atoms with E-state index in [1.807, 2.05) is 0 Å². The second-order valence-electron chi connectivity index (χ2n) is 2.68. The third-order valence-electron chi connectivity index (χ3n) is 1.86. The lowest BCUT2D eigenvalue weighted by Gasteiger charge is -1.92. The van der Waals surface area contributed by atoms with Gasteiger partial charge in [0.2, 0.25) is 0 Å². The number of benzene rings is 1. The fourth-order valence-corrected chi connectivity index (χ4v) is 2.17. The van der Waals surface area contributed by atoms with E-state index in [1.54, 1.807) is 18.2 Å². The maximum atomic E-state index is 10.7. The standard InChI is InChI=1S/C9H7NO2S/c10-9-7(4-11)6-3-5(12)1-2-8(6)13-9/h1-4,12H,10H2. The number of aldehydes is 1. The average molecular weight is 193 g/mol. The van der Waals surface area contributed by atoms with Crippen LogP contribution in [0.15, 0.2) is 18.2 Å². The van der Waals surface area contributed by atoms with Gasteiger partial charge >= 0.3 is 0 Å². The average Bonchev–Trinajstić information content (AvgIpc) is 2.40. The molecule has 0 aliphatic rings. The molecule has 0 fully saturated rings. The highest BCUT2D eigenvalue weighted by Crippen LogP contribution is 2.34. The van der Waals surface area contributed by atoms with Crippen molar-refractivity contribution >= 4 is 32.7 Å². The summed E-state index contributed by atoms with van der Waals surface area (Å²) in [6.45, 7) is 0. The molecule has 0 unspecified atom stereocenters. The lowest BCUT2D eigenvalue weighted by atomic mass is 10.2. The van der Waals surface area contributed by atoms with Gasteiger partial charge in [0.25, 0.3) is 0 Å². The fraction of sp³-hybridized carbons (Fsp3) is 0. The molecule has 4 heteroatoms. The number of thiophene rings is 1. The zero-order valence-corrected chi connectivity index (χ0v) is 7.47. The minimum absolute atomic E-state index is 0.147. The smallest absolute Gasteiger partial charge is 0.153 e. The molecule has 0 aliphatic heterocycles. The first-order chi connectivity index (χ1) is 6.22. The van der Waals surface area contributed by atoms with E-state index < -0.39 is 0 Å². The van der Waals surface area contributed by atoms with E-state index in [2.05, 4.69) is 0 Å². The van der Waals surface area contributed by atoms with E-state index in [0.717, 1.165) is 10.1 Å². The molecule has 0 spiro atoms. The van der Waals surface area contributed by atoms with Crippen LogP contribution in [0.3, 0.4) is 0 Å². The molecule has 0 bridgehead atoms. The third-order valence-corrected chi connectivity index (χ3v) is 2.87. The number of fused-ring (bicyclic) bond motifs is 1. The Morgan fingerprint density at radius 3 is 2.92 bits per heavy atom. The van der Waals surface area contributed by atoms with Crippen molar-refractivity contribution in [2.45, 2.75) is 0 Å². The van der Waals surface area contributed by atoms with Crippen molar-refractivity contribution in [3.05, 3.63) is 23.8 Å². The maximum absolute atomic E-state index is 10.7. The number of nitrogens with two attached hydrogens (primary N) is 1. The predicted octanol–water partition coefficient (Wildman–Crippen LogP) is 2.00. The summed E-state index contributed by atoms with van der Waals surface area (Å²) in [5.41, 5.74) is 6.09. The van der Waals surface area contributed by atoms with Gasteiger partial charge in [0.05, 0.1) is 10.6 Å². The lowest BCUT2D eigenvalue weighted by molar-refractivity contribution is 0.112. The quantitative estimate of drug-likeness (QED) is 0.681. The van der Waals surface area contributed by atoms with E-state index in [1.165, 1.54) is 11.3 Å². The first-order valence-electron chi connectivity index (χ1n) is 3.68. The third kappa shape index (κ3) is 1.15. The van der Waals surface area contributed by atoms with Crippen LogP contribution in [0.1, 0.15) is 10.4 Å². The molecule has 13 heavy (non-hydrogen) atoms. The summed E-state index contributed by atoms with van der Waals surface area (Å²) < 4.78 is 0.914. The van der Waals surface area contributed by atoms with Crippen LogP contribution >= 0.6 is 11.3 Å². The van der Waals surface area contributed by atoms with E-state index in [-0.39, 0.29) is 5.75 Å². The Labute approximate surface area is 78.4 Å². The number of phenolic OH excluding ortho intramolecular Hbond substituents is 1. The van der Waals surface area contributed by atoms with E-state index in [9.17, 15) is 9.90 Å². The van der Waals surface area contributed by atoms with E-state index >= 15 is 0 Å². The molecule has 1 aromatic heterocycles. The maximum Gasteiger partial charge on any atom is 0.153 e. The number of carbonyl (C=O) groups is 1. The van der Waals surface area contributed by atoms with Crippen molar-refractivity contribution in [3.8, 4) is 5.75 Å². The van der Waals surface area contributed by atoms with Gasteiger partial charge in [-0.3, -0.25) is 4.79 Å². The Morgan fingerprint density at radius 2 is 2.23 bits per heavy atom. The molecular weight excluding hydrogens is 186 g/mol. The number of rotatable bonds is 1. The molecule has 0 aliphatic carbocycles. The molecule has 0 saturated heterocycles. The van der Waals surface area contributed by atoms with Crippen LogP contribution in [0.5, 0.6) is 5.75 Å². The monoisotopic (exact) mass is 193 g/mol. The van der Waals surface area contributed by atoms with Crippen molar-refractivity contribution in [1.82, 2.24) is 0 Å². The molecule has 0 radical (unpaired) electrons. The molecule has 66 valence electrons. The normalized spacial score (nSPS) is 10.5. The largest absolute Gasteiger partial charge is 0.508 e. The van der Waals surface area contributed by atoms with Gasteiger partial charge in [0.1, 0.15) is 5.75 Å². The SMILES string of the molecule is Nc1sc2ccc(O)cc2c1C=O. The van der Waals surface area contributed by atoms with Crippen molar-refractivity contribution < 1.29 is 9.90 Å². The van der Waals surface area contributed by atoms with Crippen LogP contribution in [0.25, 0.3) is 10.1 Å². The van der Waals surface area contributed by atoms with Crippen LogP contribution in [0, 0.1) is 0 Å². The molecule has 0 saturated carbocycles. The highest BCUT2D eigenvalue weighted by molar-refractivity contribution is 7.23. The Hall–Kier alpha value is -1.55. The molecule has 0 amide bonds. The van der Waals surface area contributed by atoms with Gasteiger partial charge in [-0.1, -0.05) is 0 Å². The van der Waals surface area contributed by atoms with Gasteiger partial charge in [-0.25, -0.2) is 0 Å². The number of hydrogen-bond donors (Lipinski definition) is 2. The van der Waals surface area contributed by atoms with Gasteiger partial charge in [0.15, 0.2) is 6.29 Å². The Balaban J connectivity index is 2.88. The molecule has 2 rings (SSSR count). The van der Waals surface area contributed by atoms with Crippen LogP contribution in [0.4, 0.5) is 5.00 Å². The van der Waals surface area contributed by atoms with E-state index in [0.29, 0.717) is 16.9 Å². The molecule has 3 nitrogen and oxygen atoms in total. The molecule has 0 atom stereocenters. The number of carbonyl (C=O) groups excluding carboxylic acids is 1. The first kappa shape index (κ1) is 8.07. The zero-order chi connectivity index (χ0) is 9.42. The highest BCUT2D eigenvalue weighted by atomic mass is 32.1. The Kier molecular flexibility index (Phi) is 1.70. The van der Waals surface area contributed by atoms with Gasteiger partial charge < -0.3 is 10.8 Å². The summed E-state index contributed by atoms with van der Waals surface area (Å²) in [6, 6.07) is 4.87. The number of phenols is 1. The highest BCUT2D eigenvalue weighted by Gasteiger charge is 2.08. The van der Waals surface area contributed by atoms with Crippen LogP contribution < -0.4 is 5.73 Å². The number of anilines is 1.